The Bertz CT molecular complexity index is 404. The number of aryl methyl sites for hydroxylation is 2. The average molecular weight is 410 g/mol. The Hall–Kier alpha value is -0.370. The van der Waals surface area contributed by atoms with E-state index in [1.807, 2.05) is 11.3 Å². The first kappa shape index (κ1) is 19.6. The standard InChI is InChI=1S/C14H26N4S.HI/c1-5-9-16-14(15-7-3)17-10-8-13-18-12(6-2)11(4)19-13;/h5-10H2,1-4H3,(H2,15,16,17);1H. The van der Waals surface area contributed by atoms with Crippen LogP contribution in [0.2, 0.25) is 0 Å². The van der Waals surface area contributed by atoms with Crippen LogP contribution in [-0.2, 0) is 12.8 Å². The fourth-order valence-corrected chi connectivity index (χ4v) is 2.80. The highest BCUT2D eigenvalue weighted by molar-refractivity contribution is 14.0. The molecule has 0 unspecified atom stereocenters. The molecule has 0 atom stereocenters. The molecule has 1 aromatic rings. The van der Waals surface area contributed by atoms with Gasteiger partial charge in [0.1, 0.15) is 0 Å². The van der Waals surface area contributed by atoms with Crippen LogP contribution in [0.25, 0.3) is 0 Å². The number of hydrogen-bond acceptors (Lipinski definition) is 3. The molecule has 0 aromatic carbocycles. The molecule has 0 radical (unpaired) electrons. The van der Waals surface area contributed by atoms with Crippen LogP contribution in [0.5, 0.6) is 0 Å². The van der Waals surface area contributed by atoms with Crippen molar-refractivity contribution in [3.05, 3.63) is 15.6 Å². The highest BCUT2D eigenvalue weighted by atomic mass is 127. The number of aliphatic imine (C=N–C) groups is 1. The summed E-state index contributed by atoms with van der Waals surface area (Å²) in [4.78, 5) is 10.5. The molecule has 2 N–H and O–H groups in total. The van der Waals surface area contributed by atoms with Crippen molar-refractivity contribution in [2.75, 3.05) is 19.6 Å². The molecule has 20 heavy (non-hydrogen) atoms. The number of halogens is 1. The van der Waals surface area contributed by atoms with Gasteiger partial charge in [0.05, 0.1) is 10.7 Å². The van der Waals surface area contributed by atoms with Gasteiger partial charge in [-0.3, -0.25) is 4.99 Å². The summed E-state index contributed by atoms with van der Waals surface area (Å²) in [6.45, 7) is 11.2. The van der Waals surface area contributed by atoms with Crippen molar-refractivity contribution >= 4 is 41.3 Å². The van der Waals surface area contributed by atoms with Crippen molar-refractivity contribution in [3.63, 3.8) is 0 Å². The molecule has 0 aliphatic carbocycles. The summed E-state index contributed by atoms with van der Waals surface area (Å²) in [5.41, 5.74) is 1.24. The number of aromatic nitrogens is 1. The second kappa shape index (κ2) is 11.3. The van der Waals surface area contributed by atoms with Gasteiger partial charge in [0.2, 0.25) is 0 Å². The van der Waals surface area contributed by atoms with Crippen LogP contribution in [0, 0.1) is 6.92 Å². The SMILES string of the molecule is CCCN=C(NCC)NCCc1nc(CC)c(C)s1.I. The Morgan fingerprint density at radius 1 is 1.25 bits per heavy atom. The lowest BCUT2D eigenvalue weighted by Gasteiger charge is -2.10. The van der Waals surface area contributed by atoms with Crippen molar-refractivity contribution in [1.29, 1.82) is 0 Å². The second-order valence-corrected chi connectivity index (χ2v) is 5.69. The fraction of sp³-hybridized carbons (Fsp3) is 0.714. The van der Waals surface area contributed by atoms with E-state index in [0.29, 0.717) is 0 Å². The number of nitrogens with zero attached hydrogens (tertiary/aromatic N) is 2. The molecule has 1 rings (SSSR count). The summed E-state index contributed by atoms with van der Waals surface area (Å²) >= 11 is 1.81. The van der Waals surface area contributed by atoms with Crippen LogP contribution in [-0.4, -0.2) is 30.6 Å². The van der Waals surface area contributed by atoms with E-state index < -0.39 is 0 Å². The zero-order chi connectivity index (χ0) is 14.1. The number of guanidine groups is 1. The second-order valence-electron chi connectivity index (χ2n) is 4.40. The van der Waals surface area contributed by atoms with E-state index >= 15 is 0 Å². The molecule has 1 aromatic heterocycles. The zero-order valence-electron chi connectivity index (χ0n) is 13.0. The maximum Gasteiger partial charge on any atom is 0.191 e. The van der Waals surface area contributed by atoms with Gasteiger partial charge in [0.15, 0.2) is 5.96 Å². The van der Waals surface area contributed by atoms with Crippen LogP contribution in [0.4, 0.5) is 0 Å². The number of nitrogens with one attached hydrogen (secondary N) is 2. The lowest BCUT2D eigenvalue weighted by molar-refractivity contribution is 0.788. The van der Waals surface area contributed by atoms with E-state index in [9.17, 15) is 0 Å². The van der Waals surface area contributed by atoms with Gasteiger partial charge in [0, 0.05) is 30.9 Å². The van der Waals surface area contributed by atoms with E-state index in [4.69, 9.17) is 0 Å². The van der Waals surface area contributed by atoms with Crippen molar-refractivity contribution < 1.29 is 0 Å². The van der Waals surface area contributed by atoms with Crippen molar-refractivity contribution in [2.24, 2.45) is 4.99 Å². The normalized spacial score (nSPS) is 11.1. The number of hydrogen-bond donors (Lipinski definition) is 2. The van der Waals surface area contributed by atoms with E-state index in [1.54, 1.807) is 0 Å². The third-order valence-electron chi connectivity index (χ3n) is 2.74. The highest BCUT2D eigenvalue weighted by Gasteiger charge is 2.05. The Morgan fingerprint density at radius 3 is 2.55 bits per heavy atom. The summed E-state index contributed by atoms with van der Waals surface area (Å²) in [5, 5.41) is 7.83. The van der Waals surface area contributed by atoms with Crippen LogP contribution < -0.4 is 10.6 Å². The van der Waals surface area contributed by atoms with Crippen LogP contribution in [0.1, 0.15) is 42.8 Å². The van der Waals surface area contributed by atoms with Gasteiger partial charge in [-0.05, 0) is 26.7 Å². The molecule has 1 heterocycles. The molecule has 0 amide bonds. The molecule has 0 aliphatic heterocycles. The van der Waals surface area contributed by atoms with Crippen LogP contribution in [0.15, 0.2) is 4.99 Å². The molecule has 6 heteroatoms. The lowest BCUT2D eigenvalue weighted by atomic mass is 10.3. The van der Waals surface area contributed by atoms with E-state index in [-0.39, 0.29) is 24.0 Å². The first-order chi connectivity index (χ1) is 9.21. The predicted octanol–water partition coefficient (Wildman–Crippen LogP) is 3.14. The van der Waals surface area contributed by atoms with Gasteiger partial charge in [0.25, 0.3) is 0 Å². The summed E-state index contributed by atoms with van der Waals surface area (Å²) in [5.74, 6) is 0.911. The van der Waals surface area contributed by atoms with Gasteiger partial charge < -0.3 is 10.6 Å². The summed E-state index contributed by atoms with van der Waals surface area (Å²) in [6.07, 6.45) is 3.06. The molecular weight excluding hydrogens is 383 g/mol. The monoisotopic (exact) mass is 410 g/mol. The Kier molecular flexibility index (Phi) is 11.1. The quantitative estimate of drug-likeness (QED) is 0.413. The molecule has 0 fully saturated rings. The fourth-order valence-electron chi connectivity index (χ4n) is 1.78. The molecular formula is C14H27IN4S. The molecule has 0 saturated carbocycles. The number of rotatable bonds is 7. The Labute approximate surface area is 143 Å². The first-order valence-corrected chi connectivity index (χ1v) is 8.00. The minimum absolute atomic E-state index is 0. The van der Waals surface area contributed by atoms with Gasteiger partial charge in [-0.25, -0.2) is 4.98 Å². The van der Waals surface area contributed by atoms with Crippen LogP contribution in [0.3, 0.4) is 0 Å². The Balaban J connectivity index is 0.00000361. The van der Waals surface area contributed by atoms with E-state index in [2.05, 4.69) is 48.3 Å². The average Bonchev–Trinajstić information content (AvgIpc) is 2.76. The minimum Gasteiger partial charge on any atom is -0.357 e. The number of thiazole rings is 1. The van der Waals surface area contributed by atoms with Crippen molar-refractivity contribution in [2.45, 2.75) is 47.0 Å². The molecule has 0 spiro atoms. The van der Waals surface area contributed by atoms with Gasteiger partial charge in [-0.15, -0.1) is 35.3 Å². The predicted molar refractivity (Wildman–Crippen MR) is 99.6 cm³/mol. The topological polar surface area (TPSA) is 49.3 Å². The molecule has 0 bridgehead atoms. The maximum atomic E-state index is 4.65. The zero-order valence-corrected chi connectivity index (χ0v) is 16.1. The van der Waals surface area contributed by atoms with Gasteiger partial charge in [-0.1, -0.05) is 13.8 Å². The van der Waals surface area contributed by atoms with Crippen molar-refractivity contribution in [3.8, 4) is 0 Å². The highest BCUT2D eigenvalue weighted by Crippen LogP contribution is 2.17. The lowest BCUT2D eigenvalue weighted by Crippen LogP contribution is -2.38. The minimum atomic E-state index is 0. The smallest absolute Gasteiger partial charge is 0.191 e. The first-order valence-electron chi connectivity index (χ1n) is 7.18. The Morgan fingerprint density at radius 2 is 2.00 bits per heavy atom. The van der Waals surface area contributed by atoms with Crippen LogP contribution >= 0.6 is 35.3 Å². The maximum absolute atomic E-state index is 4.65. The third-order valence-corrected chi connectivity index (χ3v) is 3.81. The molecule has 116 valence electrons. The van der Waals surface area contributed by atoms with Gasteiger partial charge in [-0.2, -0.15) is 0 Å². The summed E-state index contributed by atoms with van der Waals surface area (Å²) in [6, 6.07) is 0. The summed E-state index contributed by atoms with van der Waals surface area (Å²) < 4.78 is 0. The molecule has 4 nitrogen and oxygen atoms in total. The molecule has 0 saturated heterocycles. The van der Waals surface area contributed by atoms with Gasteiger partial charge >= 0.3 is 0 Å². The van der Waals surface area contributed by atoms with E-state index in [0.717, 1.165) is 44.9 Å². The van der Waals surface area contributed by atoms with E-state index in [1.165, 1.54) is 15.6 Å². The molecule has 0 aliphatic rings. The largest absolute Gasteiger partial charge is 0.357 e. The summed E-state index contributed by atoms with van der Waals surface area (Å²) in [7, 11) is 0. The van der Waals surface area contributed by atoms with Crippen molar-refractivity contribution in [1.82, 2.24) is 15.6 Å². The third kappa shape index (κ3) is 6.88.